The number of hydrogen-bond acceptors (Lipinski definition) is 4. The summed E-state index contributed by atoms with van der Waals surface area (Å²) in [5.41, 5.74) is 2.74. The molecule has 2 heterocycles. The zero-order valence-corrected chi connectivity index (χ0v) is 16.9. The van der Waals surface area contributed by atoms with Crippen LogP contribution < -0.4 is 5.32 Å². The normalized spacial score (nSPS) is 15.5. The minimum Gasteiger partial charge on any atom is -0.352 e. The molecule has 3 rings (SSSR count). The molecule has 0 aromatic carbocycles. The van der Waals surface area contributed by atoms with Crippen LogP contribution in [0.3, 0.4) is 0 Å². The van der Waals surface area contributed by atoms with Crippen LogP contribution in [-0.2, 0) is 0 Å². The van der Waals surface area contributed by atoms with E-state index in [9.17, 15) is 4.79 Å². The van der Waals surface area contributed by atoms with Crippen LogP contribution in [0.5, 0.6) is 0 Å². The second-order valence-corrected chi connectivity index (χ2v) is 8.19. The summed E-state index contributed by atoms with van der Waals surface area (Å²) in [6, 6.07) is 2.69. The van der Waals surface area contributed by atoms with Crippen molar-refractivity contribution in [2.24, 2.45) is 0 Å². The van der Waals surface area contributed by atoms with E-state index in [-0.39, 0.29) is 5.91 Å². The lowest BCUT2D eigenvalue weighted by Gasteiger charge is -2.31. The molecule has 1 amide bonds. The number of carbonyl (C=O) groups is 1. The molecule has 2 aromatic heterocycles. The van der Waals surface area contributed by atoms with Crippen molar-refractivity contribution in [3.63, 3.8) is 0 Å². The maximum Gasteiger partial charge on any atom is 0.253 e. The number of carbonyl (C=O) groups excluding carboxylic acids is 1. The molecule has 0 saturated heterocycles. The molecule has 5 nitrogen and oxygen atoms in total. The van der Waals surface area contributed by atoms with Crippen LogP contribution in [0.4, 0.5) is 0 Å². The first-order valence-corrected chi connectivity index (χ1v) is 10.5. The fraction of sp³-hybridized carbons (Fsp3) is 0.600. The van der Waals surface area contributed by atoms with Crippen molar-refractivity contribution in [1.82, 2.24) is 19.8 Å². The maximum absolute atomic E-state index is 12.6. The van der Waals surface area contributed by atoms with Gasteiger partial charge >= 0.3 is 0 Å². The average Bonchev–Trinajstić information content (AvgIpc) is 3.27. The summed E-state index contributed by atoms with van der Waals surface area (Å²) in [4.78, 5) is 19.4. The predicted octanol–water partition coefficient (Wildman–Crippen LogP) is 3.94. The molecule has 0 aliphatic heterocycles. The number of aromatic nitrogens is 2. The van der Waals surface area contributed by atoms with E-state index in [2.05, 4.69) is 26.8 Å². The Kier molecular flexibility index (Phi) is 6.48. The molecule has 1 fully saturated rings. The Morgan fingerprint density at radius 1 is 1.35 bits per heavy atom. The van der Waals surface area contributed by atoms with E-state index in [0.29, 0.717) is 0 Å². The van der Waals surface area contributed by atoms with Gasteiger partial charge < -0.3 is 10.2 Å². The fourth-order valence-corrected chi connectivity index (χ4v) is 4.69. The molecule has 1 aliphatic carbocycles. The van der Waals surface area contributed by atoms with Gasteiger partial charge in [0.25, 0.3) is 5.91 Å². The topological polar surface area (TPSA) is 50.2 Å². The molecule has 142 valence electrons. The van der Waals surface area contributed by atoms with Crippen molar-refractivity contribution < 1.29 is 4.79 Å². The van der Waals surface area contributed by atoms with Crippen LogP contribution in [0.1, 0.15) is 60.3 Å². The van der Waals surface area contributed by atoms with E-state index in [1.54, 1.807) is 17.5 Å². The average molecular weight is 375 g/mol. The summed E-state index contributed by atoms with van der Waals surface area (Å²) >= 11 is 1.58. The van der Waals surface area contributed by atoms with Gasteiger partial charge in [0.1, 0.15) is 0 Å². The summed E-state index contributed by atoms with van der Waals surface area (Å²) < 4.78 is 2.05. The number of hydrogen-bond donors (Lipinski definition) is 1. The highest BCUT2D eigenvalue weighted by atomic mass is 32.1. The molecule has 1 saturated carbocycles. The van der Waals surface area contributed by atoms with Crippen molar-refractivity contribution in [2.75, 3.05) is 20.1 Å². The van der Waals surface area contributed by atoms with Crippen LogP contribution in [0.15, 0.2) is 17.6 Å². The van der Waals surface area contributed by atoms with Crippen molar-refractivity contribution in [3.05, 3.63) is 34.6 Å². The van der Waals surface area contributed by atoms with Gasteiger partial charge in [-0.3, -0.25) is 9.36 Å². The van der Waals surface area contributed by atoms with Crippen LogP contribution in [0.25, 0.3) is 5.13 Å². The van der Waals surface area contributed by atoms with Crippen molar-refractivity contribution >= 4 is 17.2 Å². The fourth-order valence-electron chi connectivity index (χ4n) is 3.94. The van der Waals surface area contributed by atoms with Gasteiger partial charge in [-0.1, -0.05) is 19.3 Å². The Morgan fingerprint density at radius 3 is 2.81 bits per heavy atom. The van der Waals surface area contributed by atoms with E-state index in [1.165, 1.54) is 32.1 Å². The quantitative estimate of drug-likeness (QED) is 0.747. The van der Waals surface area contributed by atoms with Crippen molar-refractivity contribution in [1.29, 1.82) is 0 Å². The molecule has 0 bridgehead atoms. The maximum atomic E-state index is 12.6. The number of thiazole rings is 1. The van der Waals surface area contributed by atoms with Crippen molar-refractivity contribution in [3.8, 4) is 5.13 Å². The molecule has 1 N–H and O–H groups in total. The zero-order chi connectivity index (χ0) is 18.5. The molecule has 0 unspecified atom stereocenters. The molecule has 0 atom stereocenters. The minimum atomic E-state index is 0.0150. The molecule has 26 heavy (non-hydrogen) atoms. The molecular formula is C20H30N4OS. The first kappa shape index (κ1) is 19.1. The third kappa shape index (κ3) is 4.35. The second-order valence-electron chi connectivity index (χ2n) is 7.32. The van der Waals surface area contributed by atoms with Gasteiger partial charge in [-0.2, -0.15) is 0 Å². The highest BCUT2D eigenvalue weighted by Gasteiger charge is 2.19. The standard InChI is InChI=1S/C20H30N4OS/c1-15-14-18(16(2)24(15)20-22-11-13-26-20)19(25)21-10-7-12-23(3)17-8-5-4-6-9-17/h11,13-14,17H,4-10,12H2,1-3H3,(H,21,25). The highest BCUT2D eigenvalue weighted by molar-refractivity contribution is 7.12. The smallest absolute Gasteiger partial charge is 0.253 e. The number of aryl methyl sites for hydroxylation is 1. The Bertz CT molecular complexity index is 717. The van der Waals surface area contributed by atoms with E-state index in [4.69, 9.17) is 0 Å². The third-order valence-electron chi connectivity index (χ3n) is 5.46. The lowest BCUT2D eigenvalue weighted by molar-refractivity contribution is 0.0950. The first-order valence-electron chi connectivity index (χ1n) is 9.65. The van der Waals surface area contributed by atoms with Crippen LogP contribution in [0.2, 0.25) is 0 Å². The van der Waals surface area contributed by atoms with E-state index < -0.39 is 0 Å². The van der Waals surface area contributed by atoms with Gasteiger partial charge in [0.05, 0.1) is 5.56 Å². The first-order chi connectivity index (χ1) is 12.6. The van der Waals surface area contributed by atoms with Gasteiger partial charge in [0.2, 0.25) is 0 Å². The van der Waals surface area contributed by atoms with Gasteiger partial charge in [0, 0.05) is 35.6 Å². The molecule has 6 heteroatoms. The summed E-state index contributed by atoms with van der Waals surface area (Å²) in [7, 11) is 2.22. The number of nitrogens with zero attached hydrogens (tertiary/aromatic N) is 3. The lowest BCUT2D eigenvalue weighted by Crippen LogP contribution is -2.35. The number of rotatable bonds is 7. The molecule has 1 aliphatic rings. The number of amides is 1. The Balaban J connectivity index is 1.50. The molecule has 2 aromatic rings. The molecule has 0 radical (unpaired) electrons. The molecular weight excluding hydrogens is 344 g/mol. The van der Waals surface area contributed by atoms with Gasteiger partial charge in [0.15, 0.2) is 5.13 Å². The van der Waals surface area contributed by atoms with E-state index in [1.807, 2.05) is 25.3 Å². The monoisotopic (exact) mass is 374 g/mol. The molecule has 0 spiro atoms. The van der Waals surface area contributed by atoms with Crippen LogP contribution in [-0.4, -0.2) is 46.5 Å². The summed E-state index contributed by atoms with van der Waals surface area (Å²) in [5, 5.41) is 5.95. The number of nitrogens with one attached hydrogen (secondary N) is 1. The largest absolute Gasteiger partial charge is 0.352 e. The van der Waals surface area contributed by atoms with Gasteiger partial charge in [-0.05, 0) is 52.8 Å². The van der Waals surface area contributed by atoms with Gasteiger partial charge in [-0.15, -0.1) is 11.3 Å². The summed E-state index contributed by atoms with van der Waals surface area (Å²) in [6.07, 6.45) is 9.54. The zero-order valence-electron chi connectivity index (χ0n) is 16.1. The van der Waals surface area contributed by atoms with Crippen LogP contribution >= 0.6 is 11.3 Å². The second kappa shape index (κ2) is 8.82. The Labute approximate surface area is 160 Å². The predicted molar refractivity (Wildman–Crippen MR) is 107 cm³/mol. The summed E-state index contributed by atoms with van der Waals surface area (Å²) in [5.74, 6) is 0.0150. The minimum absolute atomic E-state index is 0.0150. The Morgan fingerprint density at radius 2 is 2.12 bits per heavy atom. The van der Waals surface area contributed by atoms with Gasteiger partial charge in [-0.25, -0.2) is 4.98 Å². The van der Waals surface area contributed by atoms with E-state index >= 15 is 0 Å². The van der Waals surface area contributed by atoms with Crippen molar-refractivity contribution in [2.45, 2.75) is 58.4 Å². The lowest BCUT2D eigenvalue weighted by atomic mass is 9.94. The third-order valence-corrected chi connectivity index (χ3v) is 6.21. The highest BCUT2D eigenvalue weighted by Crippen LogP contribution is 2.23. The van der Waals surface area contributed by atoms with E-state index in [0.717, 1.165) is 47.6 Å². The Hall–Kier alpha value is -1.66. The SMILES string of the molecule is Cc1cc(C(=O)NCCCN(C)C2CCCCC2)c(C)n1-c1nccs1. The van der Waals surface area contributed by atoms with Crippen LogP contribution in [0, 0.1) is 13.8 Å². The summed E-state index contributed by atoms with van der Waals surface area (Å²) in [6.45, 7) is 5.77.